The number of para-hydroxylation sites is 1. The normalized spacial score (nSPS) is 13.8. The van der Waals surface area contributed by atoms with E-state index in [9.17, 15) is 5.11 Å². The van der Waals surface area contributed by atoms with E-state index in [4.69, 9.17) is 14.7 Å². The average molecular weight is 548 g/mol. The van der Waals surface area contributed by atoms with Crippen LogP contribution in [0.4, 0.5) is 0 Å². The van der Waals surface area contributed by atoms with Gasteiger partial charge in [0, 0.05) is 34.5 Å². The summed E-state index contributed by atoms with van der Waals surface area (Å²) in [4.78, 5) is 9.55. The molecule has 0 bridgehead atoms. The Morgan fingerprint density at radius 3 is 2.38 bits per heavy atom. The number of fused-ring (bicyclic) bond motifs is 4. The number of rotatable bonds is 5. The molecule has 0 saturated heterocycles. The molecule has 0 aliphatic heterocycles. The van der Waals surface area contributed by atoms with Crippen LogP contribution in [0.3, 0.4) is 0 Å². The first kappa shape index (κ1) is 24.6. The van der Waals surface area contributed by atoms with Crippen molar-refractivity contribution in [2.24, 2.45) is 0 Å². The second-order valence-electron chi connectivity index (χ2n) is 11.1. The van der Waals surface area contributed by atoms with Crippen LogP contribution in [-0.2, 0) is 0 Å². The lowest BCUT2D eigenvalue weighted by Gasteiger charge is -2.13. The van der Waals surface area contributed by atoms with Crippen molar-refractivity contribution < 1.29 is 9.84 Å². The van der Waals surface area contributed by atoms with Crippen LogP contribution in [-0.4, -0.2) is 19.6 Å². The maximum atomic E-state index is 10.7. The van der Waals surface area contributed by atoms with Gasteiger partial charge in [-0.15, -0.1) is 0 Å². The molecule has 0 radical (unpaired) electrons. The van der Waals surface area contributed by atoms with E-state index < -0.39 is 0 Å². The van der Waals surface area contributed by atoms with Gasteiger partial charge in [0.25, 0.3) is 0 Å². The van der Waals surface area contributed by atoms with Crippen molar-refractivity contribution in [3.63, 3.8) is 0 Å². The summed E-state index contributed by atoms with van der Waals surface area (Å²) in [6.07, 6.45) is 7.03. The minimum Gasteiger partial charge on any atom is -0.506 e. The number of phenols is 1. The molecular weight excluding hydrogens is 518 g/mol. The Hall–Kier alpha value is -5.16. The molecular formula is C37H29N3O2. The monoisotopic (exact) mass is 547 g/mol. The predicted octanol–water partition coefficient (Wildman–Crippen LogP) is 9.55. The van der Waals surface area contributed by atoms with Gasteiger partial charge in [0.1, 0.15) is 22.8 Å². The molecule has 3 heterocycles. The summed E-state index contributed by atoms with van der Waals surface area (Å²) in [5.41, 5.74) is 6.10. The van der Waals surface area contributed by atoms with Crippen LogP contribution in [0.25, 0.3) is 49.7 Å². The minimum absolute atomic E-state index is 0.124. The van der Waals surface area contributed by atoms with E-state index in [-0.39, 0.29) is 5.75 Å². The zero-order valence-electron chi connectivity index (χ0n) is 23.1. The summed E-state index contributed by atoms with van der Waals surface area (Å²) in [7, 11) is 0. The van der Waals surface area contributed by atoms with Gasteiger partial charge in [-0.05, 0) is 84.0 Å². The van der Waals surface area contributed by atoms with Crippen LogP contribution < -0.4 is 4.74 Å². The molecule has 1 fully saturated rings. The number of aromatic nitrogens is 3. The number of benzene rings is 4. The van der Waals surface area contributed by atoms with Crippen molar-refractivity contribution >= 4 is 32.7 Å². The summed E-state index contributed by atoms with van der Waals surface area (Å²) in [6.45, 7) is 0. The number of nitrogens with zero attached hydrogens (tertiary/aromatic N) is 3. The van der Waals surface area contributed by atoms with Gasteiger partial charge in [-0.2, -0.15) is 0 Å². The standard InChI is InChI=1S/C37H29N3O2/c41-34-18-16-28(25-10-2-1-3-11-25)31-17-19-36(39-37(31)34)42-27-14-15-30-29-12-6-7-13-32(29)40(33(30)23-27)35-22-26(20-21-38-35)24-8-4-5-9-24/h1-3,6-7,10-24,41H,4-5,8-9H2. The van der Waals surface area contributed by atoms with Gasteiger partial charge in [-0.3, -0.25) is 4.57 Å². The molecule has 7 aromatic rings. The van der Waals surface area contributed by atoms with Gasteiger partial charge >= 0.3 is 0 Å². The summed E-state index contributed by atoms with van der Waals surface area (Å²) in [5, 5.41) is 13.9. The Bertz CT molecular complexity index is 2090. The number of hydrogen-bond acceptors (Lipinski definition) is 4. The highest BCUT2D eigenvalue weighted by atomic mass is 16.5. The van der Waals surface area contributed by atoms with E-state index in [1.807, 2.05) is 48.7 Å². The Morgan fingerprint density at radius 1 is 0.714 bits per heavy atom. The van der Waals surface area contributed by atoms with Crippen molar-refractivity contribution in [2.75, 3.05) is 0 Å². The molecule has 8 rings (SSSR count). The van der Waals surface area contributed by atoms with Crippen molar-refractivity contribution in [1.29, 1.82) is 0 Å². The van der Waals surface area contributed by atoms with Gasteiger partial charge in [0.05, 0.1) is 11.0 Å². The number of ether oxygens (including phenoxy) is 1. The Balaban J connectivity index is 1.22. The maximum absolute atomic E-state index is 10.7. The summed E-state index contributed by atoms with van der Waals surface area (Å²) >= 11 is 0. The molecule has 1 aliphatic rings. The molecule has 1 aliphatic carbocycles. The topological polar surface area (TPSA) is 60.2 Å². The van der Waals surface area contributed by atoms with Crippen LogP contribution >= 0.6 is 0 Å². The Labute approximate surface area is 243 Å². The third-order valence-electron chi connectivity index (χ3n) is 8.59. The molecule has 0 unspecified atom stereocenters. The lowest BCUT2D eigenvalue weighted by atomic mass is 9.99. The number of aromatic hydroxyl groups is 1. The number of pyridine rings is 2. The first-order valence-corrected chi connectivity index (χ1v) is 14.6. The van der Waals surface area contributed by atoms with Crippen LogP contribution in [0.2, 0.25) is 0 Å². The number of hydrogen-bond donors (Lipinski definition) is 1. The second kappa shape index (κ2) is 10.0. The van der Waals surface area contributed by atoms with E-state index in [2.05, 4.69) is 65.2 Å². The molecule has 3 aromatic heterocycles. The smallest absolute Gasteiger partial charge is 0.219 e. The Kier molecular flexibility index (Phi) is 5.88. The molecule has 0 amide bonds. The minimum atomic E-state index is 0.124. The fraction of sp³-hybridized carbons (Fsp3) is 0.135. The van der Waals surface area contributed by atoms with Crippen LogP contribution in [0.5, 0.6) is 17.4 Å². The lowest BCUT2D eigenvalue weighted by Crippen LogP contribution is -2.00. The van der Waals surface area contributed by atoms with Crippen LogP contribution in [0.15, 0.2) is 115 Å². The van der Waals surface area contributed by atoms with Gasteiger partial charge in [-0.1, -0.05) is 61.4 Å². The quantitative estimate of drug-likeness (QED) is 0.233. The maximum Gasteiger partial charge on any atom is 0.219 e. The lowest BCUT2D eigenvalue weighted by molar-refractivity contribution is 0.460. The molecule has 204 valence electrons. The SMILES string of the molecule is Oc1ccc(-c2ccccc2)c2ccc(Oc3ccc4c5ccccc5n(-c5cc(C6CCCC6)ccn5)c4c3)nc12. The molecule has 0 spiro atoms. The van der Waals surface area contributed by atoms with E-state index in [1.165, 1.54) is 36.6 Å². The van der Waals surface area contributed by atoms with Crippen LogP contribution in [0, 0.1) is 0 Å². The molecule has 1 saturated carbocycles. The predicted molar refractivity (Wildman–Crippen MR) is 169 cm³/mol. The highest BCUT2D eigenvalue weighted by Crippen LogP contribution is 2.39. The van der Waals surface area contributed by atoms with Crippen molar-refractivity contribution in [1.82, 2.24) is 14.5 Å². The highest BCUT2D eigenvalue weighted by molar-refractivity contribution is 6.09. The third-order valence-corrected chi connectivity index (χ3v) is 8.59. The fourth-order valence-electron chi connectivity index (χ4n) is 6.56. The fourth-order valence-corrected chi connectivity index (χ4v) is 6.56. The molecule has 0 atom stereocenters. The molecule has 4 aromatic carbocycles. The van der Waals surface area contributed by atoms with E-state index in [1.54, 1.807) is 6.07 Å². The van der Waals surface area contributed by atoms with Gasteiger partial charge in [0.15, 0.2) is 0 Å². The van der Waals surface area contributed by atoms with E-state index in [0.717, 1.165) is 38.8 Å². The van der Waals surface area contributed by atoms with Crippen molar-refractivity contribution in [2.45, 2.75) is 31.6 Å². The Morgan fingerprint density at radius 2 is 1.50 bits per heavy atom. The molecule has 5 nitrogen and oxygen atoms in total. The highest BCUT2D eigenvalue weighted by Gasteiger charge is 2.20. The summed E-state index contributed by atoms with van der Waals surface area (Å²) in [6, 6.07) is 36.6. The number of phenolic OH excluding ortho intramolecular Hbond substituents is 1. The van der Waals surface area contributed by atoms with Crippen molar-refractivity contribution in [3.8, 4) is 34.3 Å². The van der Waals surface area contributed by atoms with Gasteiger partial charge in [-0.25, -0.2) is 9.97 Å². The third kappa shape index (κ3) is 4.17. The first-order chi connectivity index (χ1) is 20.7. The second-order valence-corrected chi connectivity index (χ2v) is 11.1. The first-order valence-electron chi connectivity index (χ1n) is 14.6. The molecule has 5 heteroatoms. The summed E-state index contributed by atoms with van der Waals surface area (Å²) in [5.74, 6) is 2.75. The van der Waals surface area contributed by atoms with Gasteiger partial charge in [0.2, 0.25) is 5.88 Å². The summed E-state index contributed by atoms with van der Waals surface area (Å²) < 4.78 is 8.57. The zero-order valence-corrected chi connectivity index (χ0v) is 23.1. The zero-order chi connectivity index (χ0) is 28.0. The van der Waals surface area contributed by atoms with E-state index in [0.29, 0.717) is 23.1 Å². The average Bonchev–Trinajstić information content (AvgIpc) is 3.69. The van der Waals surface area contributed by atoms with Crippen molar-refractivity contribution in [3.05, 3.63) is 121 Å². The molecule has 42 heavy (non-hydrogen) atoms. The van der Waals surface area contributed by atoms with Crippen LogP contribution in [0.1, 0.15) is 37.2 Å². The van der Waals surface area contributed by atoms with Gasteiger partial charge < -0.3 is 9.84 Å². The molecule has 1 N–H and O–H groups in total. The largest absolute Gasteiger partial charge is 0.506 e. The van der Waals surface area contributed by atoms with E-state index >= 15 is 0 Å².